The Morgan fingerprint density at radius 2 is 1.89 bits per heavy atom. The molecule has 134 valence electrons. The molecular formula is C22H17ClN2O2. The van der Waals surface area contributed by atoms with Gasteiger partial charge in [-0.1, -0.05) is 48.5 Å². The van der Waals surface area contributed by atoms with Crippen molar-refractivity contribution >= 4 is 24.3 Å². The van der Waals surface area contributed by atoms with Crippen LogP contribution in [-0.4, -0.2) is 9.78 Å². The van der Waals surface area contributed by atoms with Crippen LogP contribution < -0.4 is 16.1 Å². The van der Waals surface area contributed by atoms with Gasteiger partial charge in [-0.05, 0) is 48.9 Å². The number of H-pyrrole nitrogens is 1. The molecule has 0 radical (unpaired) electrons. The van der Waals surface area contributed by atoms with E-state index in [1.165, 1.54) is 4.68 Å². The summed E-state index contributed by atoms with van der Waals surface area (Å²) in [5, 5.41) is 4.68. The number of furan rings is 1. The number of benzene rings is 2. The van der Waals surface area contributed by atoms with Crippen LogP contribution in [0.3, 0.4) is 0 Å². The largest absolute Gasteiger partial charge is 0.457 e. The predicted molar refractivity (Wildman–Crippen MR) is 109 cm³/mol. The first kappa shape index (κ1) is 17.2. The summed E-state index contributed by atoms with van der Waals surface area (Å²) in [6.07, 6.45) is 1.69. The van der Waals surface area contributed by atoms with Gasteiger partial charge in [-0.25, -0.2) is 4.68 Å². The van der Waals surface area contributed by atoms with Crippen LogP contribution in [0.25, 0.3) is 29.7 Å². The van der Waals surface area contributed by atoms with Gasteiger partial charge in [-0.3, -0.25) is 9.89 Å². The van der Waals surface area contributed by atoms with E-state index in [1.807, 2.05) is 67.6 Å². The zero-order valence-corrected chi connectivity index (χ0v) is 15.5. The Labute approximate surface area is 160 Å². The van der Waals surface area contributed by atoms with E-state index in [9.17, 15) is 4.79 Å². The molecule has 0 aliphatic carbocycles. The topological polar surface area (TPSA) is 50.9 Å². The maximum Gasteiger partial charge on any atom is 0.279 e. The summed E-state index contributed by atoms with van der Waals surface area (Å²) in [5.74, 6) is 1.26. The van der Waals surface area contributed by atoms with Crippen LogP contribution in [0, 0.1) is 6.92 Å². The van der Waals surface area contributed by atoms with E-state index in [2.05, 4.69) is 11.7 Å². The van der Waals surface area contributed by atoms with E-state index < -0.39 is 0 Å². The number of hydrogen-bond acceptors (Lipinski definition) is 2. The third-order valence-corrected chi connectivity index (χ3v) is 4.80. The van der Waals surface area contributed by atoms with Gasteiger partial charge >= 0.3 is 0 Å². The predicted octanol–water partition coefficient (Wildman–Crippen LogP) is 3.63. The van der Waals surface area contributed by atoms with Crippen molar-refractivity contribution in [3.8, 4) is 17.0 Å². The second-order valence-corrected chi connectivity index (χ2v) is 6.70. The number of aryl methyl sites for hydroxylation is 1. The first-order chi connectivity index (χ1) is 13.0. The van der Waals surface area contributed by atoms with E-state index >= 15 is 0 Å². The Hall–Kier alpha value is -3.24. The monoisotopic (exact) mass is 376 g/mol. The molecular weight excluding hydrogens is 360 g/mol. The van der Waals surface area contributed by atoms with Crippen molar-refractivity contribution in [3.05, 3.63) is 97.9 Å². The molecule has 0 atom stereocenters. The van der Waals surface area contributed by atoms with Crippen LogP contribution >= 0.6 is 11.6 Å². The molecule has 4 aromatic rings. The van der Waals surface area contributed by atoms with Crippen LogP contribution in [0.1, 0.15) is 11.3 Å². The molecule has 0 saturated carbocycles. The highest BCUT2D eigenvalue weighted by Crippen LogP contribution is 2.27. The molecule has 0 saturated heterocycles. The summed E-state index contributed by atoms with van der Waals surface area (Å²) in [7, 11) is 0. The highest BCUT2D eigenvalue weighted by atomic mass is 35.5. The minimum Gasteiger partial charge on any atom is -0.457 e. The number of hydrogen-bond donors (Lipinski definition) is 1. The molecule has 0 aliphatic rings. The van der Waals surface area contributed by atoms with Crippen molar-refractivity contribution in [3.63, 3.8) is 0 Å². The van der Waals surface area contributed by atoms with Crippen LogP contribution in [0.5, 0.6) is 0 Å². The molecule has 0 bridgehead atoms. The quantitative estimate of drug-likeness (QED) is 0.593. The summed E-state index contributed by atoms with van der Waals surface area (Å²) in [6.45, 7) is 5.89. The first-order valence-corrected chi connectivity index (χ1v) is 8.84. The van der Waals surface area contributed by atoms with Gasteiger partial charge in [0.05, 0.1) is 16.3 Å². The number of nitrogens with zero attached hydrogens (tertiary/aromatic N) is 1. The molecule has 0 amide bonds. The van der Waals surface area contributed by atoms with Gasteiger partial charge in [-0.15, -0.1) is 0 Å². The maximum absolute atomic E-state index is 12.8. The molecule has 5 heteroatoms. The fourth-order valence-corrected chi connectivity index (χ4v) is 3.06. The smallest absolute Gasteiger partial charge is 0.279 e. The Bertz CT molecular complexity index is 1280. The van der Waals surface area contributed by atoms with Crippen molar-refractivity contribution in [1.82, 2.24) is 9.78 Å². The van der Waals surface area contributed by atoms with E-state index in [1.54, 1.807) is 6.08 Å². The van der Waals surface area contributed by atoms with Crippen LogP contribution in [0.15, 0.2) is 69.9 Å². The lowest BCUT2D eigenvalue weighted by molar-refractivity contribution is 0.571. The molecule has 0 fully saturated rings. The van der Waals surface area contributed by atoms with Crippen molar-refractivity contribution in [2.75, 3.05) is 0 Å². The highest BCUT2D eigenvalue weighted by molar-refractivity contribution is 6.31. The van der Waals surface area contributed by atoms with Gasteiger partial charge in [0, 0.05) is 10.6 Å². The SMILES string of the molecule is C=c1[nH]n(-c2ccccc2)c(=O)/c1=C/c1ccc(-c2ccc(C)c(Cl)c2)o1. The second kappa shape index (κ2) is 6.82. The fourth-order valence-electron chi connectivity index (χ4n) is 2.88. The molecule has 4 rings (SSSR count). The lowest BCUT2D eigenvalue weighted by atomic mass is 10.1. The molecule has 4 nitrogen and oxygen atoms in total. The Morgan fingerprint density at radius 3 is 2.63 bits per heavy atom. The van der Waals surface area contributed by atoms with Crippen molar-refractivity contribution in [1.29, 1.82) is 0 Å². The number of aromatic nitrogens is 2. The zero-order chi connectivity index (χ0) is 19.0. The minimum atomic E-state index is -0.178. The molecule has 2 heterocycles. The molecule has 0 aliphatic heterocycles. The lowest BCUT2D eigenvalue weighted by Crippen LogP contribution is -2.33. The molecule has 27 heavy (non-hydrogen) atoms. The Balaban J connectivity index is 1.76. The molecule has 0 spiro atoms. The van der Waals surface area contributed by atoms with Crippen LogP contribution in [-0.2, 0) is 0 Å². The fraction of sp³-hybridized carbons (Fsp3) is 0.0455. The summed E-state index contributed by atoms with van der Waals surface area (Å²) < 4.78 is 7.36. The number of nitrogens with one attached hydrogen (secondary N) is 1. The normalized spacial score (nSPS) is 11.9. The first-order valence-electron chi connectivity index (χ1n) is 8.46. The van der Waals surface area contributed by atoms with E-state index in [0.717, 1.165) is 16.8 Å². The van der Waals surface area contributed by atoms with Crippen molar-refractivity contribution in [2.24, 2.45) is 0 Å². The number of rotatable bonds is 3. The summed E-state index contributed by atoms with van der Waals surface area (Å²) in [5.41, 5.74) is 2.47. The number of halogens is 1. The number of aromatic amines is 1. The second-order valence-electron chi connectivity index (χ2n) is 6.29. The van der Waals surface area contributed by atoms with Gasteiger partial charge < -0.3 is 4.42 Å². The Morgan fingerprint density at radius 1 is 1.11 bits per heavy atom. The average molecular weight is 377 g/mol. The average Bonchev–Trinajstić information content (AvgIpc) is 3.25. The minimum absolute atomic E-state index is 0.178. The van der Waals surface area contributed by atoms with E-state index in [4.69, 9.17) is 16.0 Å². The third-order valence-electron chi connectivity index (χ3n) is 4.39. The molecule has 2 aromatic carbocycles. The van der Waals surface area contributed by atoms with E-state index in [0.29, 0.717) is 27.1 Å². The number of para-hydroxylation sites is 1. The van der Waals surface area contributed by atoms with Crippen LogP contribution in [0.4, 0.5) is 0 Å². The standard InChI is InChI=1S/C22H17ClN2O2/c1-14-8-9-16(12-20(14)23)21-11-10-18(27-21)13-19-15(2)24-25(22(19)26)17-6-4-3-5-7-17/h3-13,24H,2H2,1H3/b19-13+. The van der Waals surface area contributed by atoms with Gasteiger partial charge in [-0.2, -0.15) is 0 Å². The lowest BCUT2D eigenvalue weighted by Gasteiger charge is -2.00. The zero-order valence-electron chi connectivity index (χ0n) is 14.7. The van der Waals surface area contributed by atoms with Crippen molar-refractivity contribution < 1.29 is 4.42 Å². The molecule has 0 unspecified atom stereocenters. The summed E-state index contributed by atoms with van der Waals surface area (Å²) in [4.78, 5) is 12.8. The molecule has 2 aromatic heterocycles. The summed E-state index contributed by atoms with van der Waals surface area (Å²) >= 11 is 6.20. The van der Waals surface area contributed by atoms with Gasteiger partial charge in [0.1, 0.15) is 11.5 Å². The van der Waals surface area contributed by atoms with Gasteiger partial charge in [0.15, 0.2) is 0 Å². The van der Waals surface area contributed by atoms with Gasteiger partial charge in [0.2, 0.25) is 0 Å². The van der Waals surface area contributed by atoms with Crippen LogP contribution in [0.2, 0.25) is 5.02 Å². The van der Waals surface area contributed by atoms with E-state index in [-0.39, 0.29) is 5.56 Å². The third kappa shape index (κ3) is 3.27. The maximum atomic E-state index is 12.8. The summed E-state index contributed by atoms with van der Waals surface area (Å²) in [6, 6.07) is 18.8. The molecule has 1 N–H and O–H groups in total. The highest BCUT2D eigenvalue weighted by Gasteiger charge is 2.08. The Kier molecular flexibility index (Phi) is 4.34. The van der Waals surface area contributed by atoms with Crippen molar-refractivity contribution in [2.45, 2.75) is 6.92 Å². The van der Waals surface area contributed by atoms with Gasteiger partial charge in [0.25, 0.3) is 5.56 Å².